The van der Waals surface area contributed by atoms with E-state index in [1.54, 1.807) is 6.92 Å². The molecule has 0 spiro atoms. The molecule has 230 valence electrons. The van der Waals surface area contributed by atoms with Crippen LogP contribution in [-0.2, 0) is 29.9 Å². The van der Waals surface area contributed by atoms with Gasteiger partial charge in [-0.3, -0.25) is 14.4 Å². The molecule has 16 heteroatoms. The molecule has 1 unspecified atom stereocenters. The average molecular weight is 632 g/mol. The van der Waals surface area contributed by atoms with Crippen LogP contribution < -0.4 is 0 Å². The van der Waals surface area contributed by atoms with Crippen molar-refractivity contribution in [1.29, 1.82) is 0 Å². The van der Waals surface area contributed by atoms with E-state index >= 15 is 0 Å². The Morgan fingerprint density at radius 2 is 1.68 bits per heavy atom. The number of carbonyl (C=O) groups excluding carboxylic acids is 1. The monoisotopic (exact) mass is 631 g/mol. The minimum absolute atomic E-state index is 0. The van der Waals surface area contributed by atoms with Crippen LogP contribution in [0.5, 0.6) is 0 Å². The van der Waals surface area contributed by atoms with Crippen LogP contribution in [-0.4, -0.2) is 76.0 Å². The first-order chi connectivity index (χ1) is 18.6. The second kappa shape index (κ2) is 12.2. The molecule has 1 saturated carbocycles. The molecular formula is C25H32ClF6N5O3S. The molecule has 0 amide bonds. The summed E-state index contributed by atoms with van der Waals surface area (Å²) in [5.74, 6) is -4.34. The maximum absolute atomic E-state index is 14.2. The van der Waals surface area contributed by atoms with E-state index < -0.39 is 70.0 Å². The van der Waals surface area contributed by atoms with Gasteiger partial charge in [0.25, 0.3) is 10.0 Å². The number of hydrogen-bond donors (Lipinski definition) is 0. The van der Waals surface area contributed by atoms with Gasteiger partial charge in [0.1, 0.15) is 6.67 Å². The number of piperazine rings is 1. The summed E-state index contributed by atoms with van der Waals surface area (Å²) in [5, 5.41) is 7.12. The molecule has 0 N–H and O–H groups in total. The van der Waals surface area contributed by atoms with Crippen molar-refractivity contribution in [1.82, 2.24) is 24.2 Å². The van der Waals surface area contributed by atoms with Crippen LogP contribution in [0.25, 0.3) is 0 Å². The molecule has 1 atom stereocenters. The summed E-state index contributed by atoms with van der Waals surface area (Å²) in [6, 6.07) is 2.71. The summed E-state index contributed by atoms with van der Waals surface area (Å²) in [6.45, 7) is 0.990. The molecule has 2 heterocycles. The molecule has 4 rings (SSSR count). The van der Waals surface area contributed by atoms with Gasteiger partial charge in [-0.25, -0.2) is 21.6 Å². The normalized spacial score (nSPS) is 20.8. The molecule has 1 aliphatic carbocycles. The second-order valence-electron chi connectivity index (χ2n) is 10.6. The van der Waals surface area contributed by atoms with Crippen molar-refractivity contribution in [2.45, 2.75) is 68.4 Å². The fourth-order valence-electron chi connectivity index (χ4n) is 5.85. The molecule has 1 aromatic heterocycles. The van der Waals surface area contributed by atoms with Gasteiger partial charge in [-0.1, -0.05) is 24.3 Å². The number of Topliss-reactive ketones (excluding diaryl/α,β-unsaturated/α-hetero) is 1. The number of rotatable bonds is 8. The third-order valence-corrected chi connectivity index (χ3v) is 9.92. The highest BCUT2D eigenvalue weighted by molar-refractivity contribution is 7.89. The van der Waals surface area contributed by atoms with Gasteiger partial charge in [-0.2, -0.15) is 17.5 Å². The lowest BCUT2D eigenvalue weighted by atomic mass is 9.69. The predicted molar refractivity (Wildman–Crippen MR) is 139 cm³/mol. The van der Waals surface area contributed by atoms with Crippen molar-refractivity contribution in [3.8, 4) is 0 Å². The average Bonchev–Trinajstić information content (AvgIpc) is 3.35. The van der Waals surface area contributed by atoms with Crippen LogP contribution in [0, 0.1) is 5.92 Å². The lowest BCUT2D eigenvalue weighted by molar-refractivity contribution is -0.138. The molecule has 2 aromatic rings. The highest BCUT2D eigenvalue weighted by Gasteiger charge is 2.51. The third-order valence-electron chi connectivity index (χ3n) is 8.15. The lowest BCUT2D eigenvalue weighted by Gasteiger charge is -2.53. The maximum atomic E-state index is 14.2. The molecule has 41 heavy (non-hydrogen) atoms. The van der Waals surface area contributed by atoms with E-state index in [1.807, 2.05) is 4.90 Å². The van der Waals surface area contributed by atoms with Crippen LogP contribution in [0.3, 0.4) is 0 Å². The highest BCUT2D eigenvalue weighted by atomic mass is 35.5. The number of aromatic nitrogens is 3. The van der Waals surface area contributed by atoms with Gasteiger partial charge in [-0.15, -0.1) is 17.5 Å². The third kappa shape index (κ3) is 6.89. The van der Waals surface area contributed by atoms with Gasteiger partial charge in [0, 0.05) is 63.6 Å². The fourth-order valence-corrected chi connectivity index (χ4v) is 7.18. The summed E-state index contributed by atoms with van der Waals surface area (Å²) in [7, 11) is -2.40. The first kappa shape index (κ1) is 33.3. The quantitative estimate of drug-likeness (QED) is 0.305. The first-order valence-electron chi connectivity index (χ1n) is 12.9. The van der Waals surface area contributed by atoms with Crippen molar-refractivity contribution >= 4 is 28.2 Å². The van der Waals surface area contributed by atoms with Crippen LogP contribution in [0.1, 0.15) is 60.5 Å². The summed E-state index contributed by atoms with van der Waals surface area (Å²) in [4.78, 5) is 15.1. The molecule has 0 radical (unpaired) electrons. The lowest BCUT2D eigenvalue weighted by Crippen LogP contribution is -2.62. The van der Waals surface area contributed by atoms with Crippen molar-refractivity contribution in [3.05, 3.63) is 41.1 Å². The number of halogens is 7. The van der Waals surface area contributed by atoms with Gasteiger partial charge < -0.3 is 0 Å². The van der Waals surface area contributed by atoms with E-state index in [0.29, 0.717) is 6.07 Å². The summed E-state index contributed by atoms with van der Waals surface area (Å²) in [5.41, 5.74) is -2.98. The number of ketones is 1. The Bertz CT molecular complexity index is 1340. The van der Waals surface area contributed by atoms with E-state index in [2.05, 4.69) is 10.3 Å². The molecule has 1 aliphatic heterocycles. The van der Waals surface area contributed by atoms with E-state index in [1.165, 1.54) is 22.2 Å². The van der Waals surface area contributed by atoms with Crippen LogP contribution in [0.2, 0.25) is 0 Å². The van der Waals surface area contributed by atoms with Crippen LogP contribution in [0.15, 0.2) is 29.4 Å². The molecule has 0 bridgehead atoms. The van der Waals surface area contributed by atoms with E-state index in [0.717, 1.165) is 12.1 Å². The fraction of sp³-hybridized carbons (Fsp3) is 0.640. The number of hydrogen-bond acceptors (Lipinski definition) is 6. The minimum atomic E-state index is -4.88. The van der Waals surface area contributed by atoms with Gasteiger partial charge in [0.05, 0.1) is 11.8 Å². The highest BCUT2D eigenvalue weighted by Crippen LogP contribution is 2.47. The van der Waals surface area contributed by atoms with Gasteiger partial charge in [-0.05, 0) is 30.4 Å². The topological polar surface area (TPSA) is 88.4 Å². The van der Waals surface area contributed by atoms with Crippen molar-refractivity contribution in [2.75, 3.05) is 26.2 Å². The Labute approximate surface area is 240 Å². The van der Waals surface area contributed by atoms with Crippen LogP contribution >= 0.6 is 12.4 Å². The Morgan fingerprint density at radius 1 is 1.07 bits per heavy atom. The van der Waals surface area contributed by atoms with Crippen molar-refractivity contribution in [2.24, 2.45) is 13.0 Å². The Hall–Kier alpha value is -2.23. The Morgan fingerprint density at radius 3 is 2.20 bits per heavy atom. The number of sulfonamides is 1. The molecule has 2 aliphatic rings. The second-order valence-corrected chi connectivity index (χ2v) is 12.5. The molecule has 1 aromatic carbocycles. The Balaban J connectivity index is 0.00000462. The number of alkyl halides is 6. The number of carbonyl (C=O) groups is 1. The van der Waals surface area contributed by atoms with E-state index in [4.69, 9.17) is 0 Å². The largest absolute Gasteiger partial charge is 0.417 e. The number of nitrogens with zero attached hydrogens (tertiary/aromatic N) is 5. The van der Waals surface area contributed by atoms with Crippen LogP contribution in [0.4, 0.5) is 26.3 Å². The zero-order chi connectivity index (χ0) is 29.5. The zero-order valence-electron chi connectivity index (χ0n) is 22.5. The molecular weight excluding hydrogens is 600 g/mol. The van der Waals surface area contributed by atoms with Crippen molar-refractivity contribution < 1.29 is 39.6 Å². The van der Waals surface area contributed by atoms with Gasteiger partial charge in [0.15, 0.2) is 5.78 Å². The van der Waals surface area contributed by atoms with Crippen molar-refractivity contribution in [3.63, 3.8) is 0 Å². The SMILES string of the molecule is CC(CC(=O)c1ccc(CF)cc1C(F)(F)F)C1(N2CCN(S(=O)(=O)c3cn(C)nn3)CC2)CCC(F)(F)CC1.Cl. The summed E-state index contributed by atoms with van der Waals surface area (Å²) in [6.07, 6.45) is -4.87. The number of benzene rings is 1. The smallest absolute Gasteiger partial charge is 0.295 e. The zero-order valence-corrected chi connectivity index (χ0v) is 24.1. The first-order valence-corrected chi connectivity index (χ1v) is 14.3. The maximum Gasteiger partial charge on any atom is 0.417 e. The molecule has 1 saturated heterocycles. The predicted octanol–water partition coefficient (Wildman–Crippen LogP) is 4.89. The summed E-state index contributed by atoms with van der Waals surface area (Å²) >= 11 is 0. The Kier molecular flexibility index (Phi) is 9.88. The van der Waals surface area contributed by atoms with Gasteiger partial charge >= 0.3 is 6.18 Å². The standard InChI is InChI=1S/C25H31F6N5O3S.ClH/c1-17(13-21(37)19-4-3-18(15-26)14-20(19)25(29,30)31)23(5-7-24(27,28)8-6-23)35-9-11-36(12-10-35)40(38,39)22-16-34(2)33-32-22;/h3-4,14,16-17H,5-13,15H2,1-2H3;1H. The summed E-state index contributed by atoms with van der Waals surface area (Å²) < 4.78 is 111. The minimum Gasteiger partial charge on any atom is -0.295 e. The van der Waals surface area contributed by atoms with E-state index in [-0.39, 0.29) is 68.4 Å². The number of aryl methyl sites for hydroxylation is 1. The molecule has 2 fully saturated rings. The van der Waals surface area contributed by atoms with Gasteiger partial charge in [0.2, 0.25) is 10.9 Å². The molecule has 8 nitrogen and oxygen atoms in total. The van der Waals surface area contributed by atoms with E-state index in [9.17, 15) is 39.6 Å².